The third-order valence-electron chi connectivity index (χ3n) is 4.43. The number of likely N-dealkylation sites (tertiary alicyclic amines) is 1. The molecule has 3 rings (SSSR count). The minimum Gasteiger partial charge on any atom is -0.396 e. The maximum absolute atomic E-state index is 12.5. The SMILES string of the molecule is O=C(Cn1c(=O)sc2ccc(Cl)cc21)N1CCC(CCO)CC1. The fourth-order valence-corrected chi connectivity index (χ4v) is 4.11. The van der Waals surface area contributed by atoms with E-state index in [1.54, 1.807) is 12.1 Å². The number of fused-ring (bicyclic) bond motifs is 1. The van der Waals surface area contributed by atoms with Crippen LogP contribution in [0.5, 0.6) is 0 Å². The summed E-state index contributed by atoms with van der Waals surface area (Å²) in [4.78, 5) is 26.3. The smallest absolute Gasteiger partial charge is 0.308 e. The van der Waals surface area contributed by atoms with Crippen molar-refractivity contribution in [2.24, 2.45) is 5.92 Å². The van der Waals surface area contributed by atoms with Crippen LogP contribution in [-0.4, -0.2) is 40.2 Å². The highest BCUT2D eigenvalue weighted by molar-refractivity contribution is 7.16. The first-order chi connectivity index (χ1) is 11.1. The monoisotopic (exact) mass is 354 g/mol. The number of hydrogen-bond donors (Lipinski definition) is 1. The van der Waals surface area contributed by atoms with E-state index in [2.05, 4.69) is 0 Å². The summed E-state index contributed by atoms with van der Waals surface area (Å²) >= 11 is 7.14. The van der Waals surface area contributed by atoms with Crippen LogP contribution in [0.2, 0.25) is 5.02 Å². The molecule has 0 atom stereocenters. The highest BCUT2D eigenvalue weighted by Gasteiger charge is 2.23. The van der Waals surface area contributed by atoms with Gasteiger partial charge in [0, 0.05) is 24.7 Å². The molecule has 23 heavy (non-hydrogen) atoms. The Balaban J connectivity index is 1.72. The number of benzene rings is 1. The number of thiazole rings is 1. The molecule has 0 unspecified atom stereocenters. The average Bonchev–Trinajstić information content (AvgIpc) is 2.84. The van der Waals surface area contributed by atoms with Crippen LogP contribution >= 0.6 is 22.9 Å². The van der Waals surface area contributed by atoms with Gasteiger partial charge in [-0.15, -0.1) is 0 Å². The molecule has 1 aliphatic rings. The number of carbonyl (C=O) groups excluding carboxylic acids is 1. The van der Waals surface area contributed by atoms with Crippen molar-refractivity contribution in [1.29, 1.82) is 0 Å². The van der Waals surface area contributed by atoms with E-state index in [0.29, 0.717) is 24.0 Å². The van der Waals surface area contributed by atoms with Crippen molar-refractivity contribution in [1.82, 2.24) is 9.47 Å². The Morgan fingerprint density at radius 2 is 2.09 bits per heavy atom. The zero-order valence-corrected chi connectivity index (χ0v) is 14.3. The number of rotatable bonds is 4. The van der Waals surface area contributed by atoms with Gasteiger partial charge in [0.2, 0.25) is 5.91 Å². The van der Waals surface area contributed by atoms with E-state index in [1.165, 1.54) is 4.57 Å². The fraction of sp³-hybridized carbons (Fsp3) is 0.500. The van der Waals surface area contributed by atoms with E-state index in [-0.39, 0.29) is 23.9 Å². The van der Waals surface area contributed by atoms with Gasteiger partial charge in [0.15, 0.2) is 0 Å². The average molecular weight is 355 g/mol. The lowest BCUT2D eigenvalue weighted by molar-refractivity contribution is -0.133. The molecule has 1 N–H and O–H groups in total. The minimum atomic E-state index is -0.134. The molecular weight excluding hydrogens is 336 g/mol. The largest absolute Gasteiger partial charge is 0.396 e. The maximum atomic E-state index is 12.5. The summed E-state index contributed by atoms with van der Waals surface area (Å²) in [6.45, 7) is 1.65. The van der Waals surface area contributed by atoms with Crippen LogP contribution in [0.4, 0.5) is 0 Å². The Kier molecular flexibility index (Phi) is 5.04. The van der Waals surface area contributed by atoms with Crippen molar-refractivity contribution in [3.05, 3.63) is 32.9 Å². The third kappa shape index (κ3) is 3.59. The molecular formula is C16H19ClN2O3S. The van der Waals surface area contributed by atoms with E-state index in [9.17, 15) is 9.59 Å². The van der Waals surface area contributed by atoms with Crippen LogP contribution in [0.1, 0.15) is 19.3 Å². The van der Waals surface area contributed by atoms with Gasteiger partial charge in [-0.3, -0.25) is 14.2 Å². The molecule has 1 aromatic carbocycles. The molecule has 7 heteroatoms. The number of aliphatic hydroxyl groups excluding tert-OH is 1. The number of carbonyl (C=O) groups is 1. The van der Waals surface area contributed by atoms with Crippen LogP contribution in [0.3, 0.4) is 0 Å². The Morgan fingerprint density at radius 1 is 1.35 bits per heavy atom. The molecule has 0 bridgehead atoms. The summed E-state index contributed by atoms with van der Waals surface area (Å²) in [5.74, 6) is 0.460. The summed E-state index contributed by atoms with van der Waals surface area (Å²) < 4.78 is 2.35. The summed E-state index contributed by atoms with van der Waals surface area (Å²) in [5.41, 5.74) is 0.719. The highest BCUT2D eigenvalue weighted by Crippen LogP contribution is 2.23. The Bertz CT molecular complexity index is 762. The van der Waals surface area contributed by atoms with Gasteiger partial charge >= 0.3 is 4.87 Å². The van der Waals surface area contributed by atoms with Crippen molar-refractivity contribution in [3.8, 4) is 0 Å². The number of halogens is 1. The number of aromatic nitrogens is 1. The Labute approximate surface area is 143 Å². The number of nitrogens with zero attached hydrogens (tertiary/aromatic N) is 2. The molecule has 1 amide bonds. The molecule has 0 saturated carbocycles. The van der Waals surface area contributed by atoms with Gasteiger partial charge in [-0.1, -0.05) is 22.9 Å². The normalized spacial score (nSPS) is 16.2. The molecule has 0 radical (unpaired) electrons. The van der Waals surface area contributed by atoms with Gasteiger partial charge in [-0.05, 0) is 43.4 Å². The number of amides is 1. The number of piperidine rings is 1. The third-order valence-corrected chi connectivity index (χ3v) is 5.62. The van der Waals surface area contributed by atoms with Gasteiger partial charge in [-0.25, -0.2) is 0 Å². The van der Waals surface area contributed by atoms with E-state index >= 15 is 0 Å². The summed E-state index contributed by atoms with van der Waals surface area (Å²) in [5, 5.41) is 9.55. The minimum absolute atomic E-state index is 0.0331. The summed E-state index contributed by atoms with van der Waals surface area (Å²) in [7, 11) is 0. The first-order valence-corrected chi connectivity index (χ1v) is 8.95. The standard InChI is InChI=1S/C16H19ClN2O3S/c17-12-1-2-14-13(9-12)19(16(22)23-14)10-15(21)18-6-3-11(4-7-18)5-8-20/h1-2,9,11,20H,3-8,10H2. The van der Waals surface area contributed by atoms with Crippen LogP contribution < -0.4 is 4.87 Å². The van der Waals surface area contributed by atoms with Gasteiger partial charge in [0.25, 0.3) is 0 Å². The zero-order valence-electron chi connectivity index (χ0n) is 12.7. The lowest BCUT2D eigenvalue weighted by Crippen LogP contribution is -2.41. The van der Waals surface area contributed by atoms with Crippen LogP contribution in [0.15, 0.2) is 23.0 Å². The van der Waals surface area contributed by atoms with E-state index < -0.39 is 0 Å². The van der Waals surface area contributed by atoms with Crippen LogP contribution in [-0.2, 0) is 11.3 Å². The van der Waals surface area contributed by atoms with E-state index in [0.717, 1.165) is 40.8 Å². The first-order valence-electron chi connectivity index (χ1n) is 7.76. The van der Waals surface area contributed by atoms with Crippen molar-refractivity contribution < 1.29 is 9.90 Å². The number of hydrogen-bond acceptors (Lipinski definition) is 4. The van der Waals surface area contributed by atoms with Gasteiger partial charge in [0.1, 0.15) is 6.54 Å². The zero-order chi connectivity index (χ0) is 16.4. The second-order valence-corrected chi connectivity index (χ2v) is 7.33. The molecule has 1 saturated heterocycles. The lowest BCUT2D eigenvalue weighted by atomic mass is 9.94. The van der Waals surface area contributed by atoms with Crippen molar-refractivity contribution in [2.45, 2.75) is 25.8 Å². The lowest BCUT2D eigenvalue weighted by Gasteiger charge is -2.31. The fourth-order valence-electron chi connectivity index (χ4n) is 3.07. The summed E-state index contributed by atoms with van der Waals surface area (Å²) in [6, 6.07) is 5.29. The second kappa shape index (κ2) is 7.03. The van der Waals surface area contributed by atoms with Gasteiger partial charge < -0.3 is 10.0 Å². The molecule has 2 aromatic rings. The molecule has 1 aliphatic heterocycles. The molecule has 5 nitrogen and oxygen atoms in total. The van der Waals surface area contributed by atoms with Crippen LogP contribution in [0, 0.1) is 5.92 Å². The Morgan fingerprint density at radius 3 is 2.78 bits per heavy atom. The van der Waals surface area contributed by atoms with E-state index in [1.807, 2.05) is 11.0 Å². The predicted molar refractivity (Wildman–Crippen MR) is 92.1 cm³/mol. The molecule has 1 fully saturated rings. The van der Waals surface area contributed by atoms with Crippen LogP contribution in [0.25, 0.3) is 10.2 Å². The molecule has 1 aromatic heterocycles. The first kappa shape index (κ1) is 16.5. The molecule has 2 heterocycles. The number of aliphatic hydroxyl groups is 1. The summed E-state index contributed by atoms with van der Waals surface area (Å²) in [6.07, 6.45) is 2.63. The molecule has 0 aliphatic carbocycles. The van der Waals surface area contributed by atoms with Gasteiger partial charge in [0.05, 0.1) is 10.2 Å². The highest BCUT2D eigenvalue weighted by atomic mass is 35.5. The maximum Gasteiger partial charge on any atom is 0.308 e. The molecule has 0 spiro atoms. The van der Waals surface area contributed by atoms with E-state index in [4.69, 9.17) is 16.7 Å². The van der Waals surface area contributed by atoms with Crippen molar-refractivity contribution in [2.75, 3.05) is 19.7 Å². The molecule has 124 valence electrons. The van der Waals surface area contributed by atoms with Crippen molar-refractivity contribution in [3.63, 3.8) is 0 Å². The topological polar surface area (TPSA) is 62.5 Å². The Hall–Kier alpha value is -1.37. The van der Waals surface area contributed by atoms with Gasteiger partial charge in [-0.2, -0.15) is 0 Å². The second-order valence-electron chi connectivity index (χ2n) is 5.90. The van der Waals surface area contributed by atoms with Crippen molar-refractivity contribution >= 4 is 39.1 Å². The predicted octanol–water partition coefficient (Wildman–Crippen LogP) is 2.34. The quantitative estimate of drug-likeness (QED) is 0.916.